The van der Waals surface area contributed by atoms with Gasteiger partial charge in [0, 0.05) is 6.54 Å². The van der Waals surface area contributed by atoms with E-state index in [-0.39, 0.29) is 13.0 Å². The lowest BCUT2D eigenvalue weighted by atomic mass is 10.1. The van der Waals surface area contributed by atoms with Crippen molar-refractivity contribution in [2.45, 2.75) is 19.4 Å². The molecule has 1 aromatic carbocycles. The number of nitrogens with one attached hydrogen (secondary N) is 1. The predicted octanol–water partition coefficient (Wildman–Crippen LogP) is 1.88. The van der Waals surface area contributed by atoms with Gasteiger partial charge in [-0.05, 0) is 6.42 Å². The number of halogens is 5. The monoisotopic (exact) mass is 283 g/mol. The molecule has 106 valence electrons. The highest BCUT2D eigenvalue weighted by Gasteiger charge is 2.29. The summed E-state index contributed by atoms with van der Waals surface area (Å²) in [6.07, 6.45) is -0.734. The second-order valence-electron chi connectivity index (χ2n) is 3.72. The van der Waals surface area contributed by atoms with Gasteiger partial charge in [-0.1, -0.05) is 6.92 Å². The molecule has 0 aliphatic heterocycles. The zero-order valence-electron chi connectivity index (χ0n) is 9.74. The Hall–Kier alpha value is -1.70. The van der Waals surface area contributed by atoms with Crippen LogP contribution >= 0.6 is 0 Å². The summed E-state index contributed by atoms with van der Waals surface area (Å²) >= 11 is 0. The first-order valence-electron chi connectivity index (χ1n) is 5.28. The molecule has 2 N–H and O–H groups in total. The molecular weight excluding hydrogens is 273 g/mol. The fourth-order valence-corrected chi connectivity index (χ4v) is 1.25. The molecule has 0 fully saturated rings. The van der Waals surface area contributed by atoms with Crippen molar-refractivity contribution < 1.29 is 31.9 Å². The van der Waals surface area contributed by atoms with E-state index < -0.39 is 46.7 Å². The van der Waals surface area contributed by atoms with Gasteiger partial charge in [0.2, 0.25) is 5.82 Å². The summed E-state index contributed by atoms with van der Waals surface area (Å²) in [5.41, 5.74) is -1.57. The summed E-state index contributed by atoms with van der Waals surface area (Å²) < 4.78 is 64.8. The number of carbonyl (C=O) groups excluding carboxylic acids is 1. The Kier molecular flexibility index (Phi) is 4.82. The van der Waals surface area contributed by atoms with Gasteiger partial charge < -0.3 is 10.4 Å². The van der Waals surface area contributed by atoms with Crippen LogP contribution in [-0.2, 0) is 0 Å². The molecule has 0 spiro atoms. The Balaban J connectivity index is 3.10. The third kappa shape index (κ3) is 3.01. The summed E-state index contributed by atoms with van der Waals surface area (Å²) in [6.45, 7) is 1.21. The van der Waals surface area contributed by atoms with Gasteiger partial charge in [0.05, 0.1) is 6.10 Å². The van der Waals surface area contributed by atoms with Crippen LogP contribution in [0.25, 0.3) is 0 Å². The van der Waals surface area contributed by atoms with Crippen molar-refractivity contribution in [2.24, 2.45) is 0 Å². The molecule has 0 bridgehead atoms. The average molecular weight is 283 g/mol. The molecule has 0 radical (unpaired) electrons. The van der Waals surface area contributed by atoms with E-state index in [9.17, 15) is 26.7 Å². The van der Waals surface area contributed by atoms with E-state index in [1.807, 2.05) is 5.32 Å². The molecule has 0 heterocycles. The number of aliphatic hydroxyl groups excluding tert-OH is 1. The maximum Gasteiger partial charge on any atom is 0.257 e. The maximum atomic E-state index is 13.2. The number of hydrogen-bond donors (Lipinski definition) is 2. The van der Waals surface area contributed by atoms with E-state index in [1.165, 1.54) is 0 Å². The third-order valence-electron chi connectivity index (χ3n) is 2.41. The van der Waals surface area contributed by atoms with Gasteiger partial charge in [-0.2, -0.15) is 0 Å². The number of benzene rings is 1. The van der Waals surface area contributed by atoms with Crippen molar-refractivity contribution >= 4 is 5.91 Å². The quantitative estimate of drug-likeness (QED) is 0.503. The molecule has 1 atom stereocenters. The summed E-state index contributed by atoms with van der Waals surface area (Å²) in [5.74, 6) is -12.6. The van der Waals surface area contributed by atoms with Crippen LogP contribution in [0.2, 0.25) is 0 Å². The van der Waals surface area contributed by atoms with Crippen LogP contribution in [0.3, 0.4) is 0 Å². The Morgan fingerprint density at radius 1 is 1.05 bits per heavy atom. The van der Waals surface area contributed by atoms with Gasteiger partial charge in [0.15, 0.2) is 23.3 Å². The lowest BCUT2D eigenvalue weighted by molar-refractivity contribution is 0.0902. The Bertz CT molecular complexity index is 477. The number of amides is 1. The Labute approximate surface area is 105 Å². The average Bonchev–Trinajstić information content (AvgIpc) is 2.40. The van der Waals surface area contributed by atoms with E-state index in [2.05, 4.69) is 0 Å². The molecule has 0 aromatic heterocycles. The van der Waals surface area contributed by atoms with E-state index in [4.69, 9.17) is 5.11 Å². The minimum Gasteiger partial charge on any atom is -0.391 e. The Morgan fingerprint density at radius 3 is 1.89 bits per heavy atom. The number of rotatable bonds is 4. The van der Waals surface area contributed by atoms with Crippen molar-refractivity contribution in [3.05, 3.63) is 34.6 Å². The van der Waals surface area contributed by atoms with Gasteiger partial charge in [-0.15, -0.1) is 0 Å². The molecule has 1 aromatic rings. The van der Waals surface area contributed by atoms with Gasteiger partial charge in [-0.3, -0.25) is 4.79 Å². The van der Waals surface area contributed by atoms with Crippen molar-refractivity contribution in [1.29, 1.82) is 0 Å². The van der Waals surface area contributed by atoms with Gasteiger partial charge in [0.25, 0.3) is 5.91 Å². The van der Waals surface area contributed by atoms with Crippen LogP contribution in [0.1, 0.15) is 23.7 Å². The lowest BCUT2D eigenvalue weighted by Crippen LogP contribution is -2.33. The van der Waals surface area contributed by atoms with Crippen molar-refractivity contribution in [3.63, 3.8) is 0 Å². The SMILES string of the molecule is CCC(O)CNC(=O)c1c(F)c(F)c(F)c(F)c1F. The molecule has 1 unspecified atom stereocenters. The number of hydrogen-bond acceptors (Lipinski definition) is 2. The molecule has 0 saturated carbocycles. The molecule has 0 aliphatic carbocycles. The molecular formula is C11H10F5NO2. The minimum absolute atomic E-state index is 0.247. The van der Waals surface area contributed by atoms with Crippen molar-refractivity contribution in [1.82, 2.24) is 5.32 Å². The second-order valence-corrected chi connectivity index (χ2v) is 3.72. The number of carbonyl (C=O) groups is 1. The maximum absolute atomic E-state index is 13.2. The van der Waals surface area contributed by atoms with Gasteiger partial charge >= 0.3 is 0 Å². The fraction of sp³-hybridized carbons (Fsp3) is 0.364. The zero-order chi connectivity index (χ0) is 14.7. The second kappa shape index (κ2) is 5.96. The predicted molar refractivity (Wildman–Crippen MR) is 54.9 cm³/mol. The zero-order valence-corrected chi connectivity index (χ0v) is 9.74. The highest BCUT2D eigenvalue weighted by atomic mass is 19.2. The normalized spacial score (nSPS) is 12.4. The molecule has 0 aliphatic rings. The molecule has 1 rings (SSSR count). The van der Waals surface area contributed by atoms with Crippen LogP contribution in [0.4, 0.5) is 22.0 Å². The smallest absolute Gasteiger partial charge is 0.257 e. The van der Waals surface area contributed by atoms with E-state index in [1.54, 1.807) is 6.92 Å². The molecule has 8 heteroatoms. The van der Waals surface area contributed by atoms with E-state index in [0.717, 1.165) is 0 Å². The van der Waals surface area contributed by atoms with Crippen LogP contribution in [-0.4, -0.2) is 23.7 Å². The highest BCUT2D eigenvalue weighted by Crippen LogP contribution is 2.22. The van der Waals surface area contributed by atoms with Gasteiger partial charge in [0.1, 0.15) is 5.56 Å². The Morgan fingerprint density at radius 2 is 1.47 bits per heavy atom. The molecule has 19 heavy (non-hydrogen) atoms. The first-order valence-corrected chi connectivity index (χ1v) is 5.28. The van der Waals surface area contributed by atoms with E-state index >= 15 is 0 Å². The molecule has 3 nitrogen and oxygen atoms in total. The standard InChI is InChI=1S/C11H10F5NO2/c1-2-4(18)3-17-11(19)5-6(12)8(14)10(16)9(15)7(5)13/h4,18H,2-3H2,1H3,(H,17,19). The topological polar surface area (TPSA) is 49.3 Å². The lowest BCUT2D eigenvalue weighted by Gasteiger charge is -2.11. The van der Waals surface area contributed by atoms with E-state index in [0.29, 0.717) is 0 Å². The summed E-state index contributed by atoms with van der Waals surface area (Å²) in [4.78, 5) is 11.4. The van der Waals surface area contributed by atoms with Crippen LogP contribution in [0.5, 0.6) is 0 Å². The summed E-state index contributed by atoms with van der Waals surface area (Å²) in [5, 5.41) is 11.0. The van der Waals surface area contributed by atoms with Crippen LogP contribution in [0, 0.1) is 29.1 Å². The first-order chi connectivity index (χ1) is 8.81. The highest BCUT2D eigenvalue weighted by molar-refractivity contribution is 5.94. The third-order valence-corrected chi connectivity index (χ3v) is 2.41. The van der Waals surface area contributed by atoms with Crippen molar-refractivity contribution in [2.75, 3.05) is 6.54 Å². The molecule has 1 amide bonds. The summed E-state index contributed by atoms with van der Waals surface area (Å²) in [6, 6.07) is 0. The summed E-state index contributed by atoms with van der Waals surface area (Å²) in [7, 11) is 0. The van der Waals surface area contributed by atoms with Crippen LogP contribution < -0.4 is 5.32 Å². The van der Waals surface area contributed by atoms with Crippen LogP contribution in [0.15, 0.2) is 0 Å². The minimum atomic E-state index is -2.33. The van der Waals surface area contributed by atoms with Crippen molar-refractivity contribution in [3.8, 4) is 0 Å². The number of aliphatic hydroxyl groups is 1. The largest absolute Gasteiger partial charge is 0.391 e. The fourth-order valence-electron chi connectivity index (χ4n) is 1.25. The van der Waals surface area contributed by atoms with Gasteiger partial charge in [-0.25, -0.2) is 22.0 Å². The molecule has 0 saturated heterocycles. The first kappa shape index (κ1) is 15.4.